The minimum absolute atomic E-state index is 0.00700. The number of ether oxygens (including phenoxy) is 1. The lowest BCUT2D eigenvalue weighted by Gasteiger charge is -2.13. The maximum absolute atomic E-state index is 12.8. The van der Waals surface area contributed by atoms with Crippen LogP contribution < -0.4 is 4.74 Å². The second-order valence-corrected chi connectivity index (χ2v) is 6.55. The van der Waals surface area contributed by atoms with Crippen molar-refractivity contribution in [2.45, 2.75) is 13.3 Å². The number of benzene rings is 2. The van der Waals surface area contributed by atoms with Crippen molar-refractivity contribution in [1.82, 2.24) is 4.90 Å². The predicted molar refractivity (Wildman–Crippen MR) is 104 cm³/mol. The van der Waals surface area contributed by atoms with Gasteiger partial charge in [0, 0.05) is 12.1 Å². The summed E-state index contributed by atoms with van der Waals surface area (Å²) < 4.78 is 5.38. The van der Waals surface area contributed by atoms with Crippen molar-refractivity contribution in [3.8, 4) is 5.75 Å². The number of amidine groups is 1. The third kappa shape index (κ3) is 3.94. The number of hydrogen-bond donors (Lipinski definition) is 0. The lowest BCUT2D eigenvalue weighted by atomic mass is 10.2. The van der Waals surface area contributed by atoms with Crippen LogP contribution in [0.3, 0.4) is 0 Å². The summed E-state index contributed by atoms with van der Waals surface area (Å²) in [5.41, 5.74) is 1.73. The zero-order valence-corrected chi connectivity index (χ0v) is 15.1. The molecule has 0 atom stereocenters. The Bertz CT molecular complexity index is 815. The van der Waals surface area contributed by atoms with Gasteiger partial charge in [0.25, 0.3) is 5.91 Å². The van der Waals surface area contributed by atoms with Gasteiger partial charge in [-0.2, -0.15) is 0 Å². The molecule has 0 spiro atoms. The van der Waals surface area contributed by atoms with Gasteiger partial charge in [-0.15, -0.1) is 0 Å². The zero-order chi connectivity index (χ0) is 17.6. The molecule has 0 aliphatic carbocycles. The van der Waals surface area contributed by atoms with Crippen LogP contribution in [0.1, 0.15) is 18.9 Å². The molecule has 4 nitrogen and oxygen atoms in total. The predicted octanol–water partition coefficient (Wildman–Crippen LogP) is 4.71. The van der Waals surface area contributed by atoms with Crippen LogP contribution >= 0.6 is 11.8 Å². The molecule has 0 radical (unpaired) electrons. The molecule has 1 aliphatic heterocycles. The highest BCUT2D eigenvalue weighted by Gasteiger charge is 2.32. The molecule has 0 bridgehead atoms. The van der Waals surface area contributed by atoms with Crippen molar-refractivity contribution in [2.75, 3.05) is 13.7 Å². The van der Waals surface area contributed by atoms with Gasteiger partial charge in [-0.1, -0.05) is 43.3 Å². The van der Waals surface area contributed by atoms with E-state index in [1.54, 1.807) is 12.0 Å². The van der Waals surface area contributed by atoms with Gasteiger partial charge in [0.1, 0.15) is 5.75 Å². The Balaban J connectivity index is 1.96. The highest BCUT2D eigenvalue weighted by Crippen LogP contribution is 2.35. The minimum Gasteiger partial charge on any atom is -0.496 e. The summed E-state index contributed by atoms with van der Waals surface area (Å²) in [5.74, 6) is 0.742. The van der Waals surface area contributed by atoms with Crippen LogP contribution in [-0.2, 0) is 4.79 Å². The topological polar surface area (TPSA) is 41.9 Å². The van der Waals surface area contributed by atoms with Crippen molar-refractivity contribution in [3.05, 3.63) is 65.1 Å². The van der Waals surface area contributed by atoms with Crippen LogP contribution in [0.4, 0.5) is 5.69 Å². The van der Waals surface area contributed by atoms with E-state index in [2.05, 4.69) is 11.9 Å². The molecule has 0 aromatic heterocycles. The number of carbonyl (C=O) groups excluding carboxylic acids is 1. The van der Waals surface area contributed by atoms with E-state index in [9.17, 15) is 4.79 Å². The van der Waals surface area contributed by atoms with Crippen molar-refractivity contribution in [2.24, 2.45) is 4.99 Å². The summed E-state index contributed by atoms with van der Waals surface area (Å²) in [5, 5.41) is 0.721. The van der Waals surface area contributed by atoms with Gasteiger partial charge in [0.15, 0.2) is 5.17 Å². The van der Waals surface area contributed by atoms with Gasteiger partial charge in [0.2, 0.25) is 0 Å². The first-order valence-electron chi connectivity index (χ1n) is 8.21. The lowest BCUT2D eigenvalue weighted by Crippen LogP contribution is -2.29. The number of amides is 1. The summed E-state index contributed by atoms with van der Waals surface area (Å²) in [7, 11) is 1.63. The third-order valence-corrected chi connectivity index (χ3v) is 4.75. The monoisotopic (exact) mass is 352 g/mol. The fourth-order valence-corrected chi connectivity index (χ4v) is 3.57. The van der Waals surface area contributed by atoms with Gasteiger partial charge in [-0.05, 0) is 42.5 Å². The normalized spacial score (nSPS) is 17.5. The SMILES string of the molecule is CCCN1C(=O)C(=Cc2ccccc2OC)SC1=Nc1ccccc1. The second kappa shape index (κ2) is 8.03. The average molecular weight is 352 g/mol. The molecule has 1 heterocycles. The van der Waals surface area contributed by atoms with Gasteiger partial charge < -0.3 is 4.74 Å². The Morgan fingerprint density at radius 2 is 1.84 bits per heavy atom. The first kappa shape index (κ1) is 17.3. The Labute approximate surface area is 152 Å². The number of nitrogens with zero attached hydrogens (tertiary/aromatic N) is 2. The van der Waals surface area contributed by atoms with E-state index in [-0.39, 0.29) is 5.91 Å². The van der Waals surface area contributed by atoms with Crippen molar-refractivity contribution < 1.29 is 9.53 Å². The van der Waals surface area contributed by atoms with Crippen LogP contribution in [-0.4, -0.2) is 29.6 Å². The number of carbonyl (C=O) groups is 1. The molecule has 1 aliphatic rings. The molecule has 0 saturated carbocycles. The van der Waals surface area contributed by atoms with Crippen LogP contribution in [0.2, 0.25) is 0 Å². The maximum Gasteiger partial charge on any atom is 0.266 e. The van der Waals surface area contributed by atoms with E-state index in [4.69, 9.17) is 4.74 Å². The Morgan fingerprint density at radius 3 is 2.56 bits per heavy atom. The average Bonchev–Trinajstić information content (AvgIpc) is 2.92. The molecule has 0 N–H and O–H groups in total. The van der Waals surface area contributed by atoms with Crippen LogP contribution in [0.25, 0.3) is 6.08 Å². The summed E-state index contributed by atoms with van der Waals surface area (Å²) in [6, 6.07) is 17.4. The minimum atomic E-state index is -0.00700. The van der Waals surface area contributed by atoms with E-state index in [0.29, 0.717) is 11.4 Å². The number of aliphatic imine (C=N–C) groups is 1. The first-order chi connectivity index (χ1) is 12.2. The van der Waals surface area contributed by atoms with Crippen molar-refractivity contribution in [3.63, 3.8) is 0 Å². The Kier molecular flexibility index (Phi) is 5.56. The smallest absolute Gasteiger partial charge is 0.266 e. The number of rotatable bonds is 5. The fraction of sp³-hybridized carbons (Fsp3) is 0.200. The van der Waals surface area contributed by atoms with Gasteiger partial charge in [-0.3, -0.25) is 9.69 Å². The van der Waals surface area contributed by atoms with Crippen LogP contribution in [0.5, 0.6) is 5.75 Å². The molecule has 25 heavy (non-hydrogen) atoms. The Morgan fingerprint density at radius 1 is 1.12 bits per heavy atom. The molecule has 2 aromatic carbocycles. The van der Waals surface area contributed by atoms with E-state index in [0.717, 1.165) is 28.6 Å². The molecule has 5 heteroatoms. The lowest BCUT2D eigenvalue weighted by molar-refractivity contribution is -0.122. The largest absolute Gasteiger partial charge is 0.496 e. The van der Waals surface area contributed by atoms with Crippen molar-refractivity contribution >= 4 is 34.6 Å². The van der Waals surface area contributed by atoms with Crippen LogP contribution in [0, 0.1) is 0 Å². The highest BCUT2D eigenvalue weighted by atomic mass is 32.2. The number of thioether (sulfide) groups is 1. The fourth-order valence-electron chi connectivity index (χ4n) is 2.55. The van der Waals surface area contributed by atoms with E-state index in [1.807, 2.05) is 60.7 Å². The van der Waals surface area contributed by atoms with E-state index in [1.165, 1.54) is 11.8 Å². The molecule has 128 valence electrons. The summed E-state index contributed by atoms with van der Waals surface area (Å²) in [6.07, 6.45) is 2.75. The van der Waals surface area contributed by atoms with E-state index < -0.39 is 0 Å². The third-order valence-electron chi connectivity index (χ3n) is 3.74. The highest BCUT2D eigenvalue weighted by molar-refractivity contribution is 8.18. The molecular formula is C20H20N2O2S. The van der Waals surface area contributed by atoms with Crippen LogP contribution in [0.15, 0.2) is 64.5 Å². The van der Waals surface area contributed by atoms with Gasteiger partial charge in [-0.25, -0.2) is 4.99 Å². The second-order valence-electron chi connectivity index (χ2n) is 5.54. The number of methoxy groups -OCH3 is 1. The molecule has 1 fully saturated rings. The number of para-hydroxylation sites is 2. The van der Waals surface area contributed by atoms with Crippen molar-refractivity contribution in [1.29, 1.82) is 0 Å². The molecule has 0 unspecified atom stereocenters. The molecule has 1 amide bonds. The summed E-state index contributed by atoms with van der Waals surface area (Å²) in [6.45, 7) is 2.71. The summed E-state index contributed by atoms with van der Waals surface area (Å²) in [4.78, 5) is 19.9. The molecule has 3 rings (SSSR count). The first-order valence-corrected chi connectivity index (χ1v) is 9.02. The maximum atomic E-state index is 12.8. The van der Waals surface area contributed by atoms with E-state index >= 15 is 0 Å². The zero-order valence-electron chi connectivity index (χ0n) is 14.3. The number of hydrogen-bond acceptors (Lipinski definition) is 4. The molecule has 2 aromatic rings. The molecule has 1 saturated heterocycles. The standard InChI is InChI=1S/C20H20N2O2S/c1-3-13-22-19(23)18(14-15-9-7-8-12-17(15)24-2)25-20(22)21-16-10-5-4-6-11-16/h4-12,14H,3,13H2,1-2H3. The van der Waals surface area contributed by atoms with Gasteiger partial charge >= 0.3 is 0 Å². The quantitative estimate of drug-likeness (QED) is 0.732. The molecular weight excluding hydrogens is 332 g/mol. The Hall–Kier alpha value is -2.53. The summed E-state index contributed by atoms with van der Waals surface area (Å²) >= 11 is 1.41. The van der Waals surface area contributed by atoms with Gasteiger partial charge in [0.05, 0.1) is 17.7 Å².